The Labute approximate surface area is 108 Å². The first-order chi connectivity index (χ1) is 8.75. The Kier molecular flexibility index (Phi) is 4.51. The average Bonchev–Trinajstić information content (AvgIpc) is 2.40. The number of aromatic nitrogens is 1. The average molecular weight is 244 g/mol. The number of carbonyl (C=O) groups is 1. The molecule has 1 amide bonds. The quantitative estimate of drug-likeness (QED) is 0.827. The molecule has 3 nitrogen and oxygen atoms in total. The van der Waals surface area contributed by atoms with Crippen LogP contribution >= 0.6 is 0 Å². The van der Waals surface area contributed by atoms with Crippen molar-refractivity contribution in [3.8, 4) is 0 Å². The fourth-order valence-electron chi connectivity index (χ4n) is 2.33. The predicted octanol–water partition coefficient (Wildman–Crippen LogP) is 2.63. The zero-order valence-electron chi connectivity index (χ0n) is 10.9. The highest BCUT2D eigenvalue weighted by Gasteiger charge is 2.14. The van der Waals surface area contributed by atoms with Crippen LogP contribution in [0.1, 0.15) is 38.2 Å². The SMILES string of the molecule is CC(NC(=O)Cc1ccncc1)C1=CCCCC1. The van der Waals surface area contributed by atoms with Crippen molar-refractivity contribution in [2.45, 2.75) is 45.1 Å². The van der Waals surface area contributed by atoms with E-state index in [4.69, 9.17) is 0 Å². The predicted molar refractivity (Wildman–Crippen MR) is 72.1 cm³/mol. The Morgan fingerprint density at radius 1 is 1.39 bits per heavy atom. The van der Waals surface area contributed by atoms with E-state index in [-0.39, 0.29) is 11.9 Å². The number of nitrogens with zero attached hydrogens (tertiary/aromatic N) is 1. The Bertz CT molecular complexity index is 425. The molecular formula is C15H20N2O. The first-order valence-electron chi connectivity index (χ1n) is 6.63. The van der Waals surface area contributed by atoms with E-state index in [1.54, 1.807) is 12.4 Å². The fourth-order valence-corrected chi connectivity index (χ4v) is 2.33. The Morgan fingerprint density at radius 3 is 2.83 bits per heavy atom. The number of amides is 1. The normalized spacial score (nSPS) is 16.8. The Balaban J connectivity index is 1.85. The van der Waals surface area contributed by atoms with Crippen molar-refractivity contribution >= 4 is 5.91 Å². The maximum atomic E-state index is 11.9. The molecular weight excluding hydrogens is 224 g/mol. The van der Waals surface area contributed by atoms with Gasteiger partial charge in [0.15, 0.2) is 0 Å². The van der Waals surface area contributed by atoms with Gasteiger partial charge in [0.2, 0.25) is 5.91 Å². The second-order valence-electron chi connectivity index (χ2n) is 4.85. The monoisotopic (exact) mass is 244 g/mol. The van der Waals surface area contributed by atoms with E-state index in [0.717, 1.165) is 18.4 Å². The topological polar surface area (TPSA) is 42.0 Å². The minimum Gasteiger partial charge on any atom is -0.350 e. The molecule has 96 valence electrons. The molecule has 0 bridgehead atoms. The molecule has 0 radical (unpaired) electrons. The molecule has 1 aliphatic rings. The third-order valence-electron chi connectivity index (χ3n) is 3.37. The second-order valence-corrected chi connectivity index (χ2v) is 4.85. The number of pyridine rings is 1. The van der Waals surface area contributed by atoms with E-state index in [1.165, 1.54) is 18.4 Å². The number of nitrogens with one attached hydrogen (secondary N) is 1. The molecule has 1 aromatic rings. The van der Waals surface area contributed by atoms with E-state index in [0.29, 0.717) is 6.42 Å². The summed E-state index contributed by atoms with van der Waals surface area (Å²) in [4.78, 5) is 15.9. The van der Waals surface area contributed by atoms with Gasteiger partial charge in [-0.25, -0.2) is 0 Å². The summed E-state index contributed by atoms with van der Waals surface area (Å²) in [5.74, 6) is 0.0835. The summed E-state index contributed by atoms with van der Waals surface area (Å²) in [6.45, 7) is 2.07. The van der Waals surface area contributed by atoms with Crippen molar-refractivity contribution in [3.63, 3.8) is 0 Å². The van der Waals surface area contributed by atoms with E-state index in [1.807, 2.05) is 12.1 Å². The highest BCUT2D eigenvalue weighted by atomic mass is 16.1. The lowest BCUT2D eigenvalue weighted by molar-refractivity contribution is -0.120. The molecule has 0 aromatic carbocycles. The lowest BCUT2D eigenvalue weighted by Gasteiger charge is -2.20. The van der Waals surface area contributed by atoms with E-state index < -0.39 is 0 Å². The molecule has 2 rings (SSSR count). The van der Waals surface area contributed by atoms with Crippen molar-refractivity contribution in [3.05, 3.63) is 41.7 Å². The first-order valence-corrected chi connectivity index (χ1v) is 6.63. The van der Waals surface area contributed by atoms with Crippen molar-refractivity contribution in [1.82, 2.24) is 10.3 Å². The third-order valence-corrected chi connectivity index (χ3v) is 3.37. The smallest absolute Gasteiger partial charge is 0.224 e. The van der Waals surface area contributed by atoms with Crippen LogP contribution in [-0.2, 0) is 11.2 Å². The molecule has 0 spiro atoms. The van der Waals surface area contributed by atoms with E-state index >= 15 is 0 Å². The summed E-state index contributed by atoms with van der Waals surface area (Å²) in [6, 6.07) is 3.92. The van der Waals surface area contributed by atoms with Crippen molar-refractivity contribution < 1.29 is 4.79 Å². The van der Waals surface area contributed by atoms with Crippen molar-refractivity contribution in [2.75, 3.05) is 0 Å². The number of carbonyl (C=O) groups excluding carboxylic acids is 1. The molecule has 18 heavy (non-hydrogen) atoms. The second kappa shape index (κ2) is 6.34. The zero-order valence-corrected chi connectivity index (χ0v) is 10.9. The molecule has 1 heterocycles. The van der Waals surface area contributed by atoms with Crippen LogP contribution in [0.15, 0.2) is 36.2 Å². The van der Waals surface area contributed by atoms with Gasteiger partial charge < -0.3 is 5.32 Å². The number of hydrogen-bond donors (Lipinski definition) is 1. The minimum absolute atomic E-state index is 0.0835. The van der Waals surface area contributed by atoms with Crippen LogP contribution in [0.2, 0.25) is 0 Å². The Hall–Kier alpha value is -1.64. The minimum atomic E-state index is 0.0835. The molecule has 1 atom stereocenters. The summed E-state index contributed by atoms with van der Waals surface area (Å²) in [7, 11) is 0. The van der Waals surface area contributed by atoms with Gasteiger partial charge in [-0.2, -0.15) is 0 Å². The summed E-state index contributed by atoms with van der Waals surface area (Å²) in [5, 5.41) is 3.07. The van der Waals surface area contributed by atoms with Gasteiger partial charge in [0.05, 0.1) is 6.42 Å². The molecule has 3 heteroatoms. The van der Waals surface area contributed by atoms with Gasteiger partial charge in [-0.05, 0) is 50.3 Å². The van der Waals surface area contributed by atoms with Gasteiger partial charge in [0.25, 0.3) is 0 Å². The van der Waals surface area contributed by atoms with Crippen molar-refractivity contribution in [1.29, 1.82) is 0 Å². The maximum absolute atomic E-state index is 11.9. The summed E-state index contributed by atoms with van der Waals surface area (Å²) in [6.07, 6.45) is 10.9. The van der Waals surface area contributed by atoms with Gasteiger partial charge >= 0.3 is 0 Å². The highest BCUT2D eigenvalue weighted by molar-refractivity contribution is 5.79. The van der Waals surface area contributed by atoms with Gasteiger partial charge in [-0.15, -0.1) is 0 Å². The van der Waals surface area contributed by atoms with Crippen LogP contribution in [0.25, 0.3) is 0 Å². The molecule has 1 aromatic heterocycles. The number of hydrogen-bond acceptors (Lipinski definition) is 2. The highest BCUT2D eigenvalue weighted by Crippen LogP contribution is 2.20. The molecule has 0 aliphatic heterocycles. The van der Waals surface area contributed by atoms with Gasteiger partial charge in [0, 0.05) is 18.4 Å². The van der Waals surface area contributed by atoms with E-state index in [9.17, 15) is 4.79 Å². The van der Waals surface area contributed by atoms with Gasteiger partial charge in [-0.3, -0.25) is 9.78 Å². The van der Waals surface area contributed by atoms with Gasteiger partial charge in [-0.1, -0.05) is 11.6 Å². The van der Waals surface area contributed by atoms with Crippen LogP contribution in [0.4, 0.5) is 0 Å². The van der Waals surface area contributed by atoms with Crippen LogP contribution in [0.5, 0.6) is 0 Å². The van der Waals surface area contributed by atoms with Crippen LogP contribution in [-0.4, -0.2) is 16.9 Å². The largest absolute Gasteiger partial charge is 0.350 e. The molecule has 1 aliphatic carbocycles. The molecule has 1 N–H and O–H groups in total. The van der Waals surface area contributed by atoms with E-state index in [2.05, 4.69) is 23.3 Å². The number of rotatable bonds is 4. The maximum Gasteiger partial charge on any atom is 0.224 e. The molecule has 0 saturated heterocycles. The van der Waals surface area contributed by atoms with Gasteiger partial charge in [0.1, 0.15) is 0 Å². The molecule has 0 saturated carbocycles. The summed E-state index contributed by atoms with van der Waals surface area (Å²) in [5.41, 5.74) is 2.39. The summed E-state index contributed by atoms with van der Waals surface area (Å²) >= 11 is 0. The lowest BCUT2D eigenvalue weighted by atomic mass is 9.94. The molecule has 0 fully saturated rings. The standard InChI is InChI=1S/C15H20N2O/c1-12(14-5-3-2-4-6-14)17-15(18)11-13-7-9-16-10-8-13/h5,7-10,12H,2-4,6,11H2,1H3,(H,17,18). The van der Waals surface area contributed by atoms with Crippen LogP contribution < -0.4 is 5.32 Å². The van der Waals surface area contributed by atoms with Crippen LogP contribution in [0.3, 0.4) is 0 Å². The number of allylic oxidation sites excluding steroid dienone is 1. The Morgan fingerprint density at radius 2 is 2.17 bits per heavy atom. The third kappa shape index (κ3) is 3.69. The zero-order chi connectivity index (χ0) is 12.8. The molecule has 1 unspecified atom stereocenters. The lowest BCUT2D eigenvalue weighted by Crippen LogP contribution is -2.35. The van der Waals surface area contributed by atoms with Crippen molar-refractivity contribution in [2.24, 2.45) is 0 Å². The summed E-state index contributed by atoms with van der Waals surface area (Å²) < 4.78 is 0. The first kappa shape index (κ1) is 12.8. The van der Waals surface area contributed by atoms with Crippen LogP contribution in [0, 0.1) is 0 Å². The fraction of sp³-hybridized carbons (Fsp3) is 0.467.